The van der Waals surface area contributed by atoms with Crippen molar-refractivity contribution >= 4 is 16.8 Å². The Morgan fingerprint density at radius 3 is 2.62 bits per heavy atom. The predicted octanol–water partition coefficient (Wildman–Crippen LogP) is 2.42. The molecule has 0 bridgehead atoms. The molecule has 1 amide bonds. The number of nitrogens with one attached hydrogen (secondary N) is 2. The van der Waals surface area contributed by atoms with Crippen LogP contribution in [0.4, 0.5) is 13.2 Å². The second-order valence-electron chi connectivity index (χ2n) is 3.20. The van der Waals surface area contributed by atoms with Crippen LogP contribution in [0.1, 0.15) is 10.4 Å². The molecule has 1 aromatic heterocycles. The minimum Gasteiger partial charge on any atom is -0.360 e. The molecule has 1 heterocycles. The summed E-state index contributed by atoms with van der Waals surface area (Å²) in [6, 6.07) is 6.64. The van der Waals surface area contributed by atoms with Crippen LogP contribution in [0.3, 0.4) is 0 Å². The Labute approximate surface area is 88.3 Å². The molecule has 0 radical (unpaired) electrons. The Hall–Kier alpha value is -1.98. The summed E-state index contributed by atoms with van der Waals surface area (Å²) in [7, 11) is 0. The van der Waals surface area contributed by atoms with E-state index < -0.39 is 12.2 Å². The van der Waals surface area contributed by atoms with Crippen molar-refractivity contribution in [1.82, 2.24) is 10.3 Å². The standard InChI is InChI=1S/C10H7F3N2O/c11-10(12,13)15-9(16)7-5-14-8-4-2-1-3-6(7)8/h1-5,14H,(H,15,16). The maximum absolute atomic E-state index is 12.0. The minimum atomic E-state index is -4.71. The Kier molecular flexibility index (Phi) is 2.34. The van der Waals surface area contributed by atoms with Crippen molar-refractivity contribution in [2.24, 2.45) is 0 Å². The monoisotopic (exact) mass is 228 g/mol. The zero-order chi connectivity index (χ0) is 11.8. The van der Waals surface area contributed by atoms with Crippen LogP contribution in [0.2, 0.25) is 0 Å². The largest absolute Gasteiger partial charge is 0.484 e. The molecule has 2 N–H and O–H groups in total. The number of aromatic amines is 1. The van der Waals surface area contributed by atoms with Gasteiger partial charge < -0.3 is 4.98 Å². The molecule has 0 saturated heterocycles. The number of amides is 1. The fraction of sp³-hybridized carbons (Fsp3) is 0.100. The fourth-order valence-electron chi connectivity index (χ4n) is 1.46. The van der Waals surface area contributed by atoms with Crippen molar-refractivity contribution in [3.63, 3.8) is 0 Å². The van der Waals surface area contributed by atoms with Gasteiger partial charge in [-0.3, -0.25) is 10.1 Å². The lowest BCUT2D eigenvalue weighted by Gasteiger charge is -2.07. The van der Waals surface area contributed by atoms with Crippen LogP contribution < -0.4 is 5.32 Å². The summed E-state index contributed by atoms with van der Waals surface area (Å²) in [6.45, 7) is 0. The number of hydrogen-bond donors (Lipinski definition) is 2. The van der Waals surface area contributed by atoms with E-state index in [0.29, 0.717) is 10.9 Å². The number of carbonyl (C=O) groups is 1. The molecular weight excluding hydrogens is 221 g/mol. The van der Waals surface area contributed by atoms with Crippen LogP contribution in [0.15, 0.2) is 30.5 Å². The van der Waals surface area contributed by atoms with Crippen LogP contribution in [-0.2, 0) is 0 Å². The fourth-order valence-corrected chi connectivity index (χ4v) is 1.46. The first-order valence-electron chi connectivity index (χ1n) is 4.43. The lowest BCUT2D eigenvalue weighted by atomic mass is 10.1. The predicted molar refractivity (Wildman–Crippen MR) is 51.8 cm³/mol. The number of hydrogen-bond acceptors (Lipinski definition) is 1. The molecule has 0 atom stereocenters. The van der Waals surface area contributed by atoms with Gasteiger partial charge in [0.15, 0.2) is 0 Å². The first kappa shape index (κ1) is 10.5. The third kappa shape index (κ3) is 2.00. The van der Waals surface area contributed by atoms with Crippen LogP contribution in [0.5, 0.6) is 0 Å². The molecule has 2 aromatic rings. The zero-order valence-electron chi connectivity index (χ0n) is 7.93. The smallest absolute Gasteiger partial charge is 0.360 e. The molecule has 2 rings (SSSR count). The summed E-state index contributed by atoms with van der Waals surface area (Å²) in [4.78, 5) is 14.0. The molecule has 0 unspecified atom stereocenters. The third-order valence-electron chi connectivity index (χ3n) is 2.09. The number of rotatable bonds is 1. The van der Waals surface area contributed by atoms with Crippen LogP contribution in [0, 0.1) is 0 Å². The van der Waals surface area contributed by atoms with Gasteiger partial charge in [0.2, 0.25) is 0 Å². The van der Waals surface area contributed by atoms with Crippen LogP contribution in [0.25, 0.3) is 10.9 Å². The normalized spacial score (nSPS) is 11.7. The maximum atomic E-state index is 12.0. The highest BCUT2D eigenvalue weighted by atomic mass is 19.4. The molecule has 16 heavy (non-hydrogen) atoms. The summed E-state index contributed by atoms with van der Waals surface area (Å²) in [5.41, 5.74) is 0.600. The second-order valence-corrected chi connectivity index (χ2v) is 3.20. The van der Waals surface area contributed by atoms with Gasteiger partial charge in [-0.15, -0.1) is 0 Å². The number of fused-ring (bicyclic) bond motifs is 1. The van der Waals surface area contributed by atoms with Crippen molar-refractivity contribution in [2.75, 3.05) is 0 Å². The van der Waals surface area contributed by atoms with E-state index in [0.717, 1.165) is 5.32 Å². The molecule has 0 spiro atoms. The zero-order valence-corrected chi connectivity index (χ0v) is 7.93. The highest BCUT2D eigenvalue weighted by Gasteiger charge is 2.31. The van der Waals surface area contributed by atoms with Gasteiger partial charge in [-0.2, -0.15) is 13.2 Å². The average Bonchev–Trinajstić information content (AvgIpc) is 2.58. The van der Waals surface area contributed by atoms with E-state index in [-0.39, 0.29) is 5.56 Å². The van der Waals surface area contributed by atoms with E-state index in [4.69, 9.17) is 0 Å². The summed E-state index contributed by atoms with van der Waals surface area (Å²) >= 11 is 0. The first-order valence-corrected chi connectivity index (χ1v) is 4.43. The molecule has 84 valence electrons. The Balaban J connectivity index is 2.37. The molecular formula is C10H7F3N2O. The van der Waals surface area contributed by atoms with Gasteiger partial charge in [-0.25, -0.2) is 0 Å². The number of carbonyl (C=O) groups excluding carboxylic acids is 1. The van der Waals surface area contributed by atoms with Gasteiger partial charge in [-0.1, -0.05) is 18.2 Å². The van der Waals surface area contributed by atoms with Crippen molar-refractivity contribution in [3.8, 4) is 0 Å². The van der Waals surface area contributed by atoms with E-state index in [1.807, 2.05) is 0 Å². The molecule has 0 aliphatic rings. The molecule has 1 aromatic carbocycles. The number of para-hydroxylation sites is 1. The van der Waals surface area contributed by atoms with Gasteiger partial charge in [0, 0.05) is 17.1 Å². The van der Waals surface area contributed by atoms with Crippen LogP contribution >= 0.6 is 0 Å². The van der Waals surface area contributed by atoms with E-state index in [2.05, 4.69) is 4.98 Å². The Bertz CT molecular complexity index is 530. The Morgan fingerprint density at radius 2 is 1.94 bits per heavy atom. The van der Waals surface area contributed by atoms with Gasteiger partial charge in [0.1, 0.15) is 0 Å². The average molecular weight is 228 g/mol. The van der Waals surface area contributed by atoms with Gasteiger partial charge >= 0.3 is 6.30 Å². The second kappa shape index (κ2) is 3.55. The molecule has 3 nitrogen and oxygen atoms in total. The molecule has 0 aliphatic heterocycles. The number of aromatic nitrogens is 1. The SMILES string of the molecule is O=C(NC(F)(F)F)c1c[nH]c2ccccc12. The van der Waals surface area contributed by atoms with Crippen molar-refractivity contribution < 1.29 is 18.0 Å². The van der Waals surface area contributed by atoms with Gasteiger partial charge in [0.05, 0.1) is 5.56 Å². The maximum Gasteiger partial charge on any atom is 0.484 e. The quantitative estimate of drug-likeness (QED) is 0.723. The minimum absolute atomic E-state index is 0.0204. The summed E-state index contributed by atoms with van der Waals surface area (Å²) in [5.74, 6) is -1.16. The van der Waals surface area contributed by atoms with E-state index >= 15 is 0 Å². The van der Waals surface area contributed by atoms with Gasteiger partial charge in [0.25, 0.3) is 5.91 Å². The van der Waals surface area contributed by atoms with E-state index in [1.165, 1.54) is 6.20 Å². The van der Waals surface area contributed by atoms with E-state index in [9.17, 15) is 18.0 Å². The number of H-pyrrole nitrogens is 1. The number of halogens is 3. The highest BCUT2D eigenvalue weighted by molar-refractivity contribution is 6.06. The Morgan fingerprint density at radius 1 is 1.25 bits per heavy atom. The van der Waals surface area contributed by atoms with E-state index in [1.54, 1.807) is 24.3 Å². The molecule has 6 heteroatoms. The van der Waals surface area contributed by atoms with Crippen molar-refractivity contribution in [1.29, 1.82) is 0 Å². The number of benzene rings is 1. The van der Waals surface area contributed by atoms with Gasteiger partial charge in [-0.05, 0) is 6.07 Å². The lowest BCUT2D eigenvalue weighted by molar-refractivity contribution is -0.146. The lowest BCUT2D eigenvalue weighted by Crippen LogP contribution is -2.37. The van der Waals surface area contributed by atoms with Crippen molar-refractivity contribution in [3.05, 3.63) is 36.0 Å². The summed E-state index contributed by atoms with van der Waals surface area (Å²) in [6.07, 6.45) is -3.46. The number of alkyl halides is 3. The molecule has 0 aliphatic carbocycles. The molecule has 0 saturated carbocycles. The summed E-state index contributed by atoms with van der Waals surface area (Å²) in [5, 5.41) is 1.42. The van der Waals surface area contributed by atoms with Crippen LogP contribution in [-0.4, -0.2) is 17.2 Å². The third-order valence-corrected chi connectivity index (χ3v) is 2.09. The summed E-state index contributed by atoms with van der Waals surface area (Å²) < 4.78 is 35.9. The first-order chi connectivity index (χ1) is 7.47. The highest BCUT2D eigenvalue weighted by Crippen LogP contribution is 2.19. The molecule has 0 fully saturated rings. The van der Waals surface area contributed by atoms with Crippen molar-refractivity contribution in [2.45, 2.75) is 6.30 Å². The topological polar surface area (TPSA) is 44.9 Å².